The zero-order valence-corrected chi connectivity index (χ0v) is 15.8. The SMILES string of the molecule is Cc1nc(C2CC3(CCN(C(=O)c4c(C)noc4C)CC3)CN2C)no1. The molecule has 4 rings (SSSR count). The van der Waals surface area contributed by atoms with Gasteiger partial charge in [0.15, 0.2) is 5.82 Å². The van der Waals surface area contributed by atoms with Gasteiger partial charge in [-0.1, -0.05) is 10.3 Å². The average molecular weight is 359 g/mol. The molecule has 2 aliphatic heterocycles. The maximum atomic E-state index is 12.8. The molecule has 0 aromatic carbocycles. The lowest BCUT2D eigenvalue weighted by Gasteiger charge is -2.39. The van der Waals surface area contributed by atoms with Crippen molar-refractivity contribution in [3.05, 3.63) is 28.7 Å². The van der Waals surface area contributed by atoms with Crippen LogP contribution in [0.2, 0.25) is 0 Å². The van der Waals surface area contributed by atoms with Gasteiger partial charge in [-0.2, -0.15) is 4.98 Å². The smallest absolute Gasteiger partial charge is 0.259 e. The Morgan fingerprint density at radius 1 is 1.15 bits per heavy atom. The standard InChI is InChI=1S/C18H25N5O3/c1-11-15(12(2)25-20-11)17(24)23-7-5-18(6-8-23)9-14(22(4)10-18)16-19-13(3)26-21-16/h14H,5-10H2,1-4H3. The number of hydrogen-bond donors (Lipinski definition) is 0. The van der Waals surface area contributed by atoms with E-state index in [0.29, 0.717) is 22.9 Å². The van der Waals surface area contributed by atoms with Crippen molar-refractivity contribution in [3.63, 3.8) is 0 Å². The Kier molecular flexibility index (Phi) is 4.10. The maximum Gasteiger partial charge on any atom is 0.259 e. The molecule has 1 atom stereocenters. The molecule has 1 unspecified atom stereocenters. The van der Waals surface area contributed by atoms with Gasteiger partial charge in [0, 0.05) is 26.6 Å². The highest BCUT2D eigenvalue weighted by molar-refractivity contribution is 5.96. The molecule has 26 heavy (non-hydrogen) atoms. The van der Waals surface area contributed by atoms with E-state index in [9.17, 15) is 4.79 Å². The summed E-state index contributed by atoms with van der Waals surface area (Å²) < 4.78 is 10.3. The molecular weight excluding hydrogens is 334 g/mol. The van der Waals surface area contributed by atoms with Gasteiger partial charge in [-0.15, -0.1) is 0 Å². The van der Waals surface area contributed by atoms with Crippen molar-refractivity contribution in [2.45, 2.75) is 46.1 Å². The Balaban J connectivity index is 1.44. The van der Waals surface area contributed by atoms with Crippen LogP contribution in [-0.4, -0.2) is 57.7 Å². The van der Waals surface area contributed by atoms with E-state index >= 15 is 0 Å². The average Bonchev–Trinajstić information content (AvgIpc) is 3.26. The van der Waals surface area contributed by atoms with Crippen molar-refractivity contribution in [3.8, 4) is 0 Å². The molecular formula is C18H25N5O3. The topological polar surface area (TPSA) is 88.5 Å². The fraction of sp³-hybridized carbons (Fsp3) is 0.667. The summed E-state index contributed by atoms with van der Waals surface area (Å²) in [6.45, 7) is 7.95. The Hall–Kier alpha value is -2.22. The van der Waals surface area contributed by atoms with Crippen molar-refractivity contribution >= 4 is 5.91 Å². The minimum atomic E-state index is 0.0350. The van der Waals surface area contributed by atoms with Crippen LogP contribution >= 0.6 is 0 Å². The fourth-order valence-corrected chi connectivity index (χ4v) is 4.50. The minimum Gasteiger partial charge on any atom is -0.361 e. The molecule has 8 nitrogen and oxygen atoms in total. The second-order valence-corrected chi connectivity index (χ2v) is 7.80. The van der Waals surface area contributed by atoms with E-state index < -0.39 is 0 Å². The number of likely N-dealkylation sites (tertiary alicyclic amines) is 2. The van der Waals surface area contributed by atoms with Crippen molar-refractivity contribution in [1.29, 1.82) is 0 Å². The zero-order chi connectivity index (χ0) is 18.5. The van der Waals surface area contributed by atoms with Crippen molar-refractivity contribution in [2.24, 2.45) is 5.41 Å². The quantitative estimate of drug-likeness (QED) is 0.813. The van der Waals surface area contributed by atoms with E-state index in [-0.39, 0.29) is 17.4 Å². The third kappa shape index (κ3) is 2.82. The largest absolute Gasteiger partial charge is 0.361 e. The number of piperidine rings is 1. The van der Waals surface area contributed by atoms with Crippen molar-refractivity contribution in [1.82, 2.24) is 25.1 Å². The van der Waals surface area contributed by atoms with E-state index in [4.69, 9.17) is 9.05 Å². The number of nitrogens with zero attached hydrogens (tertiary/aromatic N) is 5. The molecule has 0 radical (unpaired) electrons. The molecule has 2 aromatic heterocycles. The molecule has 140 valence electrons. The van der Waals surface area contributed by atoms with Crippen LogP contribution < -0.4 is 0 Å². The highest BCUT2D eigenvalue weighted by atomic mass is 16.5. The van der Waals surface area contributed by atoms with Gasteiger partial charge in [0.05, 0.1) is 11.7 Å². The number of amides is 1. The second kappa shape index (κ2) is 6.19. The molecule has 2 aliphatic rings. The van der Waals surface area contributed by atoms with Crippen molar-refractivity contribution < 1.29 is 13.8 Å². The number of carbonyl (C=O) groups excluding carboxylic acids is 1. The summed E-state index contributed by atoms with van der Waals surface area (Å²) in [5.74, 6) is 2.01. The molecule has 4 heterocycles. The number of aromatic nitrogens is 3. The van der Waals surface area contributed by atoms with Gasteiger partial charge in [0.1, 0.15) is 11.3 Å². The summed E-state index contributed by atoms with van der Waals surface area (Å²) in [5, 5.41) is 8.02. The highest BCUT2D eigenvalue weighted by Crippen LogP contribution is 2.47. The molecule has 1 spiro atoms. The zero-order valence-electron chi connectivity index (χ0n) is 15.8. The van der Waals surface area contributed by atoms with Crippen LogP contribution in [0.1, 0.15) is 58.8 Å². The normalized spacial score (nSPS) is 23.1. The van der Waals surface area contributed by atoms with E-state index in [2.05, 4.69) is 27.2 Å². The predicted octanol–water partition coefficient (Wildman–Crippen LogP) is 2.28. The van der Waals surface area contributed by atoms with Crippen LogP contribution in [-0.2, 0) is 0 Å². The number of aryl methyl sites for hydroxylation is 3. The van der Waals surface area contributed by atoms with Gasteiger partial charge in [-0.3, -0.25) is 9.69 Å². The number of hydrogen-bond acceptors (Lipinski definition) is 7. The van der Waals surface area contributed by atoms with E-state index in [0.717, 1.165) is 44.7 Å². The number of rotatable bonds is 2. The first-order chi connectivity index (χ1) is 12.4. The second-order valence-electron chi connectivity index (χ2n) is 7.80. The Labute approximate surface area is 152 Å². The maximum absolute atomic E-state index is 12.8. The summed E-state index contributed by atoms with van der Waals surface area (Å²) in [5.41, 5.74) is 1.49. The lowest BCUT2D eigenvalue weighted by atomic mass is 9.76. The molecule has 0 aliphatic carbocycles. The minimum absolute atomic E-state index is 0.0350. The Morgan fingerprint density at radius 2 is 1.88 bits per heavy atom. The molecule has 0 bridgehead atoms. The highest BCUT2D eigenvalue weighted by Gasteiger charge is 2.46. The molecule has 0 saturated carbocycles. The monoisotopic (exact) mass is 359 g/mol. The lowest BCUT2D eigenvalue weighted by molar-refractivity contribution is 0.0591. The summed E-state index contributed by atoms with van der Waals surface area (Å²) in [4.78, 5) is 21.5. The molecule has 2 aromatic rings. The first-order valence-electron chi connectivity index (χ1n) is 9.11. The van der Waals surface area contributed by atoms with Gasteiger partial charge < -0.3 is 13.9 Å². The van der Waals surface area contributed by atoms with Crippen LogP contribution in [0.25, 0.3) is 0 Å². The van der Waals surface area contributed by atoms with E-state index in [1.807, 2.05) is 18.7 Å². The van der Waals surface area contributed by atoms with Gasteiger partial charge >= 0.3 is 0 Å². The van der Waals surface area contributed by atoms with Crippen LogP contribution in [0.5, 0.6) is 0 Å². The summed E-state index contributed by atoms with van der Waals surface area (Å²) >= 11 is 0. The Morgan fingerprint density at radius 3 is 2.46 bits per heavy atom. The summed E-state index contributed by atoms with van der Waals surface area (Å²) in [6, 6.07) is 0.192. The van der Waals surface area contributed by atoms with Crippen LogP contribution in [0, 0.1) is 26.2 Å². The first-order valence-corrected chi connectivity index (χ1v) is 9.11. The first kappa shape index (κ1) is 17.2. The lowest BCUT2D eigenvalue weighted by Crippen LogP contribution is -2.44. The summed E-state index contributed by atoms with van der Waals surface area (Å²) in [7, 11) is 2.12. The number of carbonyl (C=O) groups is 1. The molecule has 2 fully saturated rings. The third-order valence-corrected chi connectivity index (χ3v) is 5.94. The molecule has 1 amide bonds. The Bertz CT molecular complexity index is 799. The van der Waals surface area contributed by atoms with E-state index in [1.54, 1.807) is 6.92 Å². The van der Waals surface area contributed by atoms with Crippen LogP contribution in [0.4, 0.5) is 0 Å². The summed E-state index contributed by atoms with van der Waals surface area (Å²) in [6.07, 6.45) is 2.98. The van der Waals surface area contributed by atoms with Gasteiger partial charge in [0.2, 0.25) is 5.89 Å². The van der Waals surface area contributed by atoms with Crippen LogP contribution in [0.3, 0.4) is 0 Å². The van der Waals surface area contributed by atoms with Gasteiger partial charge in [0.25, 0.3) is 5.91 Å². The fourth-order valence-electron chi connectivity index (χ4n) is 4.50. The van der Waals surface area contributed by atoms with Crippen LogP contribution in [0.15, 0.2) is 9.05 Å². The molecule has 2 saturated heterocycles. The molecule has 8 heteroatoms. The van der Waals surface area contributed by atoms with Crippen molar-refractivity contribution in [2.75, 3.05) is 26.7 Å². The third-order valence-electron chi connectivity index (χ3n) is 5.94. The van der Waals surface area contributed by atoms with Gasteiger partial charge in [-0.25, -0.2) is 0 Å². The predicted molar refractivity (Wildman–Crippen MR) is 92.6 cm³/mol. The van der Waals surface area contributed by atoms with E-state index in [1.165, 1.54) is 0 Å². The van der Waals surface area contributed by atoms with Gasteiger partial charge in [-0.05, 0) is 45.6 Å². The molecule has 0 N–H and O–H groups in total.